The Balaban J connectivity index is 1.47. The van der Waals surface area contributed by atoms with E-state index in [1.54, 1.807) is 0 Å². The third kappa shape index (κ3) is 8.95. The minimum atomic E-state index is -0.00663. The molecule has 2 fully saturated rings. The van der Waals surface area contributed by atoms with Crippen LogP contribution in [0.25, 0.3) is 0 Å². The van der Waals surface area contributed by atoms with Crippen LogP contribution in [0.15, 0.2) is 0 Å². The Hall–Kier alpha value is -0.610. The van der Waals surface area contributed by atoms with Crippen molar-refractivity contribution in [3.63, 3.8) is 0 Å². The summed E-state index contributed by atoms with van der Waals surface area (Å²) in [6, 6.07) is 0. The molecule has 2 N–H and O–H groups in total. The summed E-state index contributed by atoms with van der Waals surface area (Å²) in [5.74, 6) is 2.72. The lowest BCUT2D eigenvalue weighted by Crippen LogP contribution is -2.36. The maximum absolute atomic E-state index is 12.0. The summed E-state index contributed by atoms with van der Waals surface area (Å²) in [5, 5.41) is 11.9. The van der Waals surface area contributed by atoms with E-state index in [2.05, 4.69) is 19.2 Å². The van der Waals surface area contributed by atoms with Gasteiger partial charge in [-0.05, 0) is 81.1 Å². The molecule has 4 nitrogen and oxygen atoms in total. The average Bonchev–Trinajstić information content (AvgIpc) is 2.59. The van der Waals surface area contributed by atoms with Gasteiger partial charge in [0, 0.05) is 13.0 Å². The molecule has 0 amide bonds. The first-order chi connectivity index (χ1) is 13.0. The molecular weight excluding hydrogens is 338 g/mol. The lowest BCUT2D eigenvalue weighted by atomic mass is 9.59. The largest absolute Gasteiger partial charge is 0.466 e. The number of esters is 1. The van der Waals surface area contributed by atoms with Crippen molar-refractivity contribution in [1.29, 1.82) is 0 Å². The molecule has 2 aliphatic carbocycles. The van der Waals surface area contributed by atoms with Crippen molar-refractivity contribution in [3.05, 3.63) is 0 Å². The van der Waals surface area contributed by atoms with Crippen LogP contribution >= 0.6 is 0 Å². The van der Waals surface area contributed by atoms with Crippen molar-refractivity contribution in [3.8, 4) is 0 Å². The summed E-state index contributed by atoms with van der Waals surface area (Å²) in [6.45, 7) is 7.32. The number of rotatable bonds is 13. The molecule has 0 aromatic carbocycles. The lowest BCUT2D eigenvalue weighted by Gasteiger charge is -2.47. The quantitative estimate of drug-likeness (QED) is 0.359. The molecular formula is C23H43NO3. The first kappa shape index (κ1) is 22.7. The fourth-order valence-corrected chi connectivity index (χ4v) is 5.65. The number of aliphatic hydroxyl groups is 1. The molecule has 0 saturated heterocycles. The summed E-state index contributed by atoms with van der Waals surface area (Å²) in [7, 11) is 0. The van der Waals surface area contributed by atoms with Crippen molar-refractivity contribution in [2.75, 3.05) is 26.3 Å². The zero-order valence-corrected chi connectivity index (χ0v) is 17.8. The molecule has 2 atom stereocenters. The number of ether oxygens (including phenoxy) is 1. The second-order valence-corrected chi connectivity index (χ2v) is 9.73. The van der Waals surface area contributed by atoms with Gasteiger partial charge in [0.05, 0.1) is 13.2 Å². The van der Waals surface area contributed by atoms with E-state index in [0.29, 0.717) is 25.0 Å². The summed E-state index contributed by atoms with van der Waals surface area (Å²) >= 11 is 0. The number of unbranched alkanes of at least 4 members (excludes halogenated alkanes) is 4. The van der Waals surface area contributed by atoms with E-state index in [1.807, 2.05) is 0 Å². The number of carbonyl (C=O) groups is 1. The predicted molar refractivity (Wildman–Crippen MR) is 111 cm³/mol. The second kappa shape index (κ2) is 12.1. The van der Waals surface area contributed by atoms with Crippen molar-refractivity contribution in [1.82, 2.24) is 5.32 Å². The van der Waals surface area contributed by atoms with Gasteiger partial charge in [-0.3, -0.25) is 4.79 Å². The van der Waals surface area contributed by atoms with Gasteiger partial charge in [-0.15, -0.1) is 0 Å². The summed E-state index contributed by atoms with van der Waals surface area (Å²) in [5.41, 5.74) is 0.387. The van der Waals surface area contributed by atoms with Gasteiger partial charge >= 0.3 is 5.97 Å². The molecule has 2 saturated carbocycles. The summed E-state index contributed by atoms with van der Waals surface area (Å²) in [4.78, 5) is 12.0. The minimum absolute atomic E-state index is 0.00663. The molecule has 0 aromatic rings. The molecule has 0 aromatic heterocycles. The number of carbonyl (C=O) groups excluding carboxylic acids is 1. The zero-order chi connectivity index (χ0) is 19.5. The Morgan fingerprint density at radius 3 is 2.41 bits per heavy atom. The molecule has 2 unspecified atom stereocenters. The third-order valence-corrected chi connectivity index (χ3v) is 6.69. The maximum Gasteiger partial charge on any atom is 0.305 e. The van der Waals surface area contributed by atoms with Crippen LogP contribution in [0.5, 0.6) is 0 Å². The van der Waals surface area contributed by atoms with Gasteiger partial charge in [-0.1, -0.05) is 33.1 Å². The van der Waals surface area contributed by atoms with Gasteiger partial charge in [0.25, 0.3) is 0 Å². The highest BCUT2D eigenvalue weighted by Crippen LogP contribution is 2.51. The first-order valence-electron chi connectivity index (χ1n) is 11.5. The van der Waals surface area contributed by atoms with Gasteiger partial charge in [0.1, 0.15) is 0 Å². The minimum Gasteiger partial charge on any atom is -0.466 e. The highest BCUT2D eigenvalue weighted by Gasteiger charge is 2.40. The number of hydrogen-bond donors (Lipinski definition) is 2. The van der Waals surface area contributed by atoms with Gasteiger partial charge in [0.15, 0.2) is 0 Å². The van der Waals surface area contributed by atoms with Crippen LogP contribution in [0.3, 0.4) is 0 Å². The van der Waals surface area contributed by atoms with Crippen LogP contribution in [0, 0.1) is 23.2 Å². The average molecular weight is 382 g/mol. The van der Waals surface area contributed by atoms with Crippen LogP contribution in [0.4, 0.5) is 0 Å². The van der Waals surface area contributed by atoms with E-state index in [0.717, 1.165) is 50.0 Å². The standard InChI is InChI=1S/C23H43NO3/c1-19-14-20-16-21(15-19)18-23(2,17-20)9-13-27-22(26)8-6-4-3-5-7-10-24-11-12-25/h19-21,24-25H,3-18H2,1-2H3. The van der Waals surface area contributed by atoms with Crippen LogP contribution in [0.2, 0.25) is 0 Å². The van der Waals surface area contributed by atoms with Crippen LogP contribution in [-0.2, 0) is 9.53 Å². The van der Waals surface area contributed by atoms with Gasteiger partial charge in [0.2, 0.25) is 0 Å². The van der Waals surface area contributed by atoms with Crippen molar-refractivity contribution in [2.24, 2.45) is 23.2 Å². The Morgan fingerprint density at radius 1 is 1.04 bits per heavy atom. The highest BCUT2D eigenvalue weighted by molar-refractivity contribution is 5.69. The molecule has 2 bridgehead atoms. The van der Waals surface area contributed by atoms with Crippen LogP contribution in [-0.4, -0.2) is 37.4 Å². The number of aliphatic hydroxyl groups excluding tert-OH is 1. The molecule has 0 aliphatic heterocycles. The highest BCUT2D eigenvalue weighted by atomic mass is 16.5. The molecule has 27 heavy (non-hydrogen) atoms. The van der Waals surface area contributed by atoms with Gasteiger partial charge in [-0.2, -0.15) is 0 Å². The normalized spacial score (nSPS) is 30.3. The monoisotopic (exact) mass is 381 g/mol. The second-order valence-electron chi connectivity index (χ2n) is 9.73. The van der Waals surface area contributed by atoms with E-state index in [1.165, 1.54) is 44.9 Å². The summed E-state index contributed by atoms with van der Waals surface area (Å²) < 4.78 is 5.55. The number of nitrogens with one attached hydrogen (secondary N) is 1. The van der Waals surface area contributed by atoms with E-state index in [-0.39, 0.29) is 12.6 Å². The van der Waals surface area contributed by atoms with Crippen molar-refractivity contribution >= 4 is 5.97 Å². The van der Waals surface area contributed by atoms with Gasteiger partial charge < -0.3 is 15.2 Å². The third-order valence-electron chi connectivity index (χ3n) is 6.69. The van der Waals surface area contributed by atoms with Gasteiger partial charge in [-0.25, -0.2) is 0 Å². The van der Waals surface area contributed by atoms with E-state index in [4.69, 9.17) is 9.84 Å². The fraction of sp³-hybridized carbons (Fsp3) is 0.957. The predicted octanol–water partition coefficient (Wildman–Crippen LogP) is 4.69. The Bertz CT molecular complexity index is 408. The molecule has 0 heterocycles. The summed E-state index contributed by atoms with van der Waals surface area (Å²) in [6.07, 6.45) is 14.1. The van der Waals surface area contributed by atoms with E-state index < -0.39 is 0 Å². The lowest BCUT2D eigenvalue weighted by molar-refractivity contribution is -0.144. The Kier molecular flexibility index (Phi) is 10.1. The molecule has 158 valence electrons. The number of fused-ring (bicyclic) bond motifs is 2. The zero-order valence-electron chi connectivity index (χ0n) is 17.8. The molecule has 0 radical (unpaired) electrons. The SMILES string of the molecule is CC1CC2CC(C1)CC(C)(CCOC(=O)CCCCCCCNCCO)C2. The smallest absolute Gasteiger partial charge is 0.305 e. The Morgan fingerprint density at radius 2 is 1.70 bits per heavy atom. The molecule has 0 spiro atoms. The van der Waals surface area contributed by atoms with Crippen LogP contribution < -0.4 is 5.32 Å². The molecule has 4 heteroatoms. The van der Waals surface area contributed by atoms with E-state index >= 15 is 0 Å². The molecule has 2 aliphatic rings. The van der Waals surface area contributed by atoms with Crippen molar-refractivity contribution in [2.45, 2.75) is 90.9 Å². The topological polar surface area (TPSA) is 58.6 Å². The first-order valence-corrected chi connectivity index (χ1v) is 11.5. The van der Waals surface area contributed by atoms with Crippen molar-refractivity contribution < 1.29 is 14.6 Å². The van der Waals surface area contributed by atoms with E-state index in [9.17, 15) is 4.79 Å². The Labute approximate surface area is 166 Å². The molecule has 2 rings (SSSR count). The fourth-order valence-electron chi connectivity index (χ4n) is 5.65. The van der Waals surface area contributed by atoms with Crippen LogP contribution in [0.1, 0.15) is 90.9 Å². The maximum atomic E-state index is 12.0. The number of hydrogen-bond acceptors (Lipinski definition) is 4.